The van der Waals surface area contributed by atoms with Gasteiger partial charge in [-0.1, -0.05) is 12.2 Å². The largest absolute Gasteiger partial charge is 0.305 e. The molecule has 11 heavy (non-hydrogen) atoms. The van der Waals surface area contributed by atoms with Gasteiger partial charge in [0.25, 0.3) is 5.91 Å². The van der Waals surface area contributed by atoms with Crippen LogP contribution in [0.25, 0.3) is 0 Å². The van der Waals surface area contributed by atoms with Gasteiger partial charge >= 0.3 is 0 Å². The van der Waals surface area contributed by atoms with Crippen LogP contribution in [0.5, 0.6) is 0 Å². The number of nitrogens with zero attached hydrogens (tertiary/aromatic N) is 1. The molecule has 0 aromatic heterocycles. The van der Waals surface area contributed by atoms with Gasteiger partial charge in [0.2, 0.25) is 0 Å². The molecule has 2 aliphatic rings. The summed E-state index contributed by atoms with van der Waals surface area (Å²) < 4.78 is 0. The number of amides is 1. The number of hydrogen-bond donors (Lipinski definition) is 0. The fourth-order valence-corrected chi connectivity index (χ4v) is 1.83. The minimum atomic E-state index is 0.198. The Hall–Kier alpha value is -1.05. The van der Waals surface area contributed by atoms with Crippen LogP contribution in [-0.2, 0) is 4.79 Å². The van der Waals surface area contributed by atoms with Crippen molar-refractivity contribution in [3.63, 3.8) is 0 Å². The Morgan fingerprint density at radius 1 is 1.73 bits per heavy atom. The van der Waals surface area contributed by atoms with Crippen LogP contribution in [0, 0.1) is 0 Å². The molecule has 1 saturated heterocycles. The molecule has 1 atom stereocenters. The maximum atomic E-state index is 11.3. The number of allylic oxidation sites excluding steroid dienone is 2. The molecule has 2 heterocycles. The van der Waals surface area contributed by atoms with Crippen molar-refractivity contribution < 1.29 is 4.79 Å². The van der Waals surface area contributed by atoms with Crippen LogP contribution in [0.1, 0.15) is 20.3 Å². The van der Waals surface area contributed by atoms with Crippen LogP contribution in [0.2, 0.25) is 0 Å². The van der Waals surface area contributed by atoms with Gasteiger partial charge in [-0.05, 0) is 20.3 Å². The van der Waals surface area contributed by atoms with Crippen molar-refractivity contribution in [3.05, 3.63) is 23.4 Å². The van der Waals surface area contributed by atoms with Crippen LogP contribution in [0.3, 0.4) is 0 Å². The fourth-order valence-electron chi connectivity index (χ4n) is 1.83. The summed E-state index contributed by atoms with van der Waals surface area (Å²) >= 11 is 0. The molecule has 1 amide bonds. The molecule has 2 nitrogen and oxygen atoms in total. The van der Waals surface area contributed by atoms with Gasteiger partial charge in [0, 0.05) is 11.3 Å². The Morgan fingerprint density at radius 2 is 2.45 bits per heavy atom. The Labute approximate surface area is 66.2 Å². The summed E-state index contributed by atoms with van der Waals surface area (Å²) in [5.74, 6) is 0.198. The zero-order valence-corrected chi connectivity index (χ0v) is 6.79. The van der Waals surface area contributed by atoms with E-state index in [4.69, 9.17) is 0 Å². The van der Waals surface area contributed by atoms with Crippen LogP contribution >= 0.6 is 0 Å². The van der Waals surface area contributed by atoms with Gasteiger partial charge in [-0.2, -0.15) is 0 Å². The summed E-state index contributed by atoms with van der Waals surface area (Å²) in [5.41, 5.74) is 2.10. The van der Waals surface area contributed by atoms with Crippen molar-refractivity contribution >= 4 is 5.91 Å². The van der Waals surface area contributed by atoms with Crippen LogP contribution in [0.15, 0.2) is 23.4 Å². The van der Waals surface area contributed by atoms with Crippen molar-refractivity contribution in [3.8, 4) is 0 Å². The van der Waals surface area contributed by atoms with Gasteiger partial charge in [0.1, 0.15) is 0 Å². The van der Waals surface area contributed by atoms with E-state index >= 15 is 0 Å². The summed E-state index contributed by atoms with van der Waals surface area (Å²) in [4.78, 5) is 13.2. The first kappa shape index (κ1) is 6.65. The summed E-state index contributed by atoms with van der Waals surface area (Å²) in [6, 6.07) is 0.382. The molecule has 58 valence electrons. The normalized spacial score (nSPS) is 32.0. The van der Waals surface area contributed by atoms with E-state index in [1.54, 1.807) is 0 Å². The van der Waals surface area contributed by atoms with Crippen molar-refractivity contribution in [2.24, 2.45) is 0 Å². The molecule has 2 heteroatoms. The van der Waals surface area contributed by atoms with Crippen molar-refractivity contribution in [2.45, 2.75) is 26.3 Å². The number of carbonyl (C=O) groups is 1. The molecular weight excluding hydrogens is 138 g/mol. The first-order valence-electron chi connectivity index (χ1n) is 3.92. The second-order valence-electron chi connectivity index (χ2n) is 3.02. The first-order chi connectivity index (χ1) is 5.25. The highest BCUT2D eigenvalue weighted by Crippen LogP contribution is 2.37. The minimum absolute atomic E-state index is 0.198. The molecule has 1 fully saturated rings. The lowest BCUT2D eigenvalue weighted by Gasteiger charge is -2.38. The van der Waals surface area contributed by atoms with E-state index in [1.165, 1.54) is 0 Å². The topological polar surface area (TPSA) is 20.3 Å². The lowest BCUT2D eigenvalue weighted by molar-refractivity contribution is -0.133. The molecule has 0 aromatic rings. The van der Waals surface area contributed by atoms with Crippen molar-refractivity contribution in [1.82, 2.24) is 4.90 Å². The third kappa shape index (κ3) is 0.642. The Kier molecular flexibility index (Phi) is 1.19. The third-order valence-corrected chi connectivity index (χ3v) is 2.46. The second kappa shape index (κ2) is 1.97. The van der Waals surface area contributed by atoms with E-state index in [-0.39, 0.29) is 5.91 Å². The van der Waals surface area contributed by atoms with Gasteiger partial charge < -0.3 is 4.90 Å². The molecule has 0 saturated carbocycles. The second-order valence-corrected chi connectivity index (χ2v) is 3.02. The van der Waals surface area contributed by atoms with Crippen LogP contribution < -0.4 is 0 Å². The predicted octanol–water partition coefficient (Wildman–Crippen LogP) is 1.45. The average Bonchev–Trinajstić information content (AvgIpc) is 2.28. The highest BCUT2D eigenvalue weighted by atomic mass is 16.2. The number of rotatable bonds is 0. The molecule has 2 aliphatic heterocycles. The van der Waals surface area contributed by atoms with E-state index in [2.05, 4.69) is 6.08 Å². The maximum absolute atomic E-state index is 11.3. The predicted molar refractivity (Wildman–Crippen MR) is 42.8 cm³/mol. The van der Waals surface area contributed by atoms with E-state index in [1.807, 2.05) is 24.8 Å². The SMILES string of the molecule is CC=C1C(=O)N2C(C)=CC[C@H]12. The van der Waals surface area contributed by atoms with Gasteiger partial charge in [-0.3, -0.25) is 4.79 Å². The van der Waals surface area contributed by atoms with E-state index in [0.717, 1.165) is 17.7 Å². The molecule has 0 unspecified atom stereocenters. The van der Waals surface area contributed by atoms with Crippen molar-refractivity contribution in [2.75, 3.05) is 0 Å². The van der Waals surface area contributed by atoms with Gasteiger partial charge in [-0.25, -0.2) is 0 Å². The molecule has 0 aromatic carbocycles. The summed E-state index contributed by atoms with van der Waals surface area (Å²) in [6.07, 6.45) is 5.06. The molecule has 0 radical (unpaired) electrons. The number of carbonyl (C=O) groups excluding carboxylic acids is 1. The summed E-state index contributed by atoms with van der Waals surface area (Å²) in [6.45, 7) is 3.92. The smallest absolute Gasteiger partial charge is 0.256 e. The molecule has 0 bridgehead atoms. The van der Waals surface area contributed by atoms with Crippen LogP contribution in [-0.4, -0.2) is 16.8 Å². The molecule has 0 N–H and O–H groups in total. The van der Waals surface area contributed by atoms with E-state index in [9.17, 15) is 4.79 Å². The first-order valence-corrected chi connectivity index (χ1v) is 3.92. The standard InChI is InChI=1S/C9H11NO/c1-3-7-8-5-4-6(2)10(8)9(7)11/h3-4,8H,5H2,1-2H3/t8-/m1/s1. The number of fused-ring (bicyclic) bond motifs is 1. The molecular formula is C9H11NO. The van der Waals surface area contributed by atoms with E-state index in [0.29, 0.717) is 6.04 Å². The lowest BCUT2D eigenvalue weighted by Crippen LogP contribution is -2.50. The maximum Gasteiger partial charge on any atom is 0.256 e. The average molecular weight is 149 g/mol. The summed E-state index contributed by atoms with van der Waals surface area (Å²) in [5, 5.41) is 0. The third-order valence-electron chi connectivity index (χ3n) is 2.46. The zero-order valence-electron chi connectivity index (χ0n) is 6.79. The van der Waals surface area contributed by atoms with Gasteiger partial charge in [0.05, 0.1) is 6.04 Å². The zero-order chi connectivity index (χ0) is 8.01. The summed E-state index contributed by atoms with van der Waals surface area (Å²) in [7, 11) is 0. The highest BCUT2D eigenvalue weighted by Gasteiger charge is 2.44. The molecule has 2 rings (SSSR count). The molecule has 0 spiro atoms. The quantitative estimate of drug-likeness (QED) is 0.377. The number of hydrogen-bond acceptors (Lipinski definition) is 1. The lowest BCUT2D eigenvalue weighted by atomic mass is 9.95. The monoisotopic (exact) mass is 149 g/mol. The van der Waals surface area contributed by atoms with Gasteiger partial charge in [0.15, 0.2) is 0 Å². The Bertz CT molecular complexity index is 275. The highest BCUT2D eigenvalue weighted by molar-refractivity contribution is 6.03. The minimum Gasteiger partial charge on any atom is -0.305 e. The van der Waals surface area contributed by atoms with Gasteiger partial charge in [-0.15, -0.1) is 0 Å². The Balaban J connectivity index is 2.29. The van der Waals surface area contributed by atoms with Crippen LogP contribution in [0.4, 0.5) is 0 Å². The van der Waals surface area contributed by atoms with E-state index < -0.39 is 0 Å². The molecule has 0 aliphatic carbocycles. The number of β-lactam (4-membered cyclic amide) rings is 1. The van der Waals surface area contributed by atoms with Crippen molar-refractivity contribution in [1.29, 1.82) is 0 Å². The Morgan fingerprint density at radius 3 is 3.09 bits per heavy atom. The fraction of sp³-hybridized carbons (Fsp3) is 0.444.